The third kappa shape index (κ3) is 13.5. The lowest BCUT2D eigenvalue weighted by atomic mass is 9.86. The number of nitrogens with one attached hydrogen (secondary N) is 2. The number of hydrogen-bond donors (Lipinski definition) is 2. The van der Waals surface area contributed by atoms with Crippen molar-refractivity contribution in [3.63, 3.8) is 0 Å². The normalized spacial score (nSPS) is 13.5. The van der Waals surface area contributed by atoms with Crippen LogP contribution in [0.1, 0.15) is 169 Å². The Morgan fingerprint density at radius 3 is 0.766 bits per heavy atom. The Bertz CT molecular complexity index is 4220. The van der Waals surface area contributed by atoms with Crippen LogP contribution in [0.3, 0.4) is 0 Å². The minimum atomic E-state index is 0.0190. The molecule has 10 heteroatoms. The van der Waals surface area contributed by atoms with Crippen molar-refractivity contribution in [2.24, 2.45) is 10.1 Å². The van der Waals surface area contributed by atoms with E-state index in [1.807, 2.05) is 0 Å². The highest BCUT2D eigenvalue weighted by Crippen LogP contribution is 2.45. The second-order valence-electron chi connectivity index (χ2n) is 31.5. The van der Waals surface area contributed by atoms with E-state index in [-0.39, 0.29) is 32.5 Å². The van der Waals surface area contributed by atoms with Gasteiger partial charge in [-0.1, -0.05) is 197 Å². The molecular weight excluding hydrogens is 1150 g/mol. The van der Waals surface area contributed by atoms with Crippen LogP contribution in [0.2, 0.25) is 0 Å². The van der Waals surface area contributed by atoms with E-state index < -0.39 is 0 Å². The minimum absolute atomic E-state index is 0.0190. The van der Waals surface area contributed by atoms with Gasteiger partial charge in [-0.2, -0.15) is 5.12 Å². The second kappa shape index (κ2) is 24.3. The van der Waals surface area contributed by atoms with Crippen molar-refractivity contribution in [3.05, 3.63) is 263 Å². The molecule has 0 atom stereocenters. The quantitative estimate of drug-likeness (QED) is 0.125. The molecule has 94 heavy (non-hydrogen) atoms. The number of nitrogens with zero attached hydrogens (tertiary/aromatic N) is 8. The predicted molar refractivity (Wildman–Crippen MR) is 399 cm³/mol. The highest BCUT2D eigenvalue weighted by Gasteiger charge is 2.33. The summed E-state index contributed by atoms with van der Waals surface area (Å²) in [6.07, 6.45) is 0. The largest absolute Gasteiger partial charge is 0.321 e. The Hall–Kier alpha value is -9.80. The van der Waals surface area contributed by atoms with Crippen molar-refractivity contribution >= 4 is 80.2 Å². The highest BCUT2D eigenvalue weighted by molar-refractivity contribution is 6.14. The van der Waals surface area contributed by atoms with Gasteiger partial charge in [0.25, 0.3) is 0 Å². The average molecular weight is 1240 g/mol. The van der Waals surface area contributed by atoms with E-state index in [4.69, 9.17) is 20.1 Å². The molecule has 10 nitrogen and oxygen atoms in total. The van der Waals surface area contributed by atoms with Gasteiger partial charge in [-0.25, -0.2) is 15.0 Å². The van der Waals surface area contributed by atoms with Crippen LogP contribution >= 0.6 is 0 Å². The molecule has 12 rings (SSSR count). The molecule has 478 valence electrons. The van der Waals surface area contributed by atoms with Crippen molar-refractivity contribution < 1.29 is 0 Å². The summed E-state index contributed by atoms with van der Waals surface area (Å²) in [6.45, 7) is 40.6. The lowest BCUT2D eigenvalue weighted by Gasteiger charge is -2.33. The number of hydrazine groups is 1. The van der Waals surface area contributed by atoms with E-state index in [2.05, 4.69) is 368 Å². The summed E-state index contributed by atoms with van der Waals surface area (Å²) >= 11 is 0. The lowest BCUT2D eigenvalue weighted by molar-refractivity contribution is 0.590. The number of hydrogen-bond acceptors (Lipinski definition) is 10. The molecule has 2 N–H and O–H groups in total. The van der Waals surface area contributed by atoms with E-state index in [1.165, 1.54) is 33.4 Å². The number of aromatic nitrogens is 2. The summed E-state index contributed by atoms with van der Waals surface area (Å²) in [5.74, 6) is 2.79. The first kappa shape index (κ1) is 64.3. The van der Waals surface area contributed by atoms with Crippen LogP contribution in [0.5, 0.6) is 0 Å². The van der Waals surface area contributed by atoms with Gasteiger partial charge >= 0.3 is 0 Å². The Morgan fingerprint density at radius 1 is 0.277 bits per heavy atom. The van der Waals surface area contributed by atoms with Crippen LogP contribution in [0, 0.1) is 0 Å². The van der Waals surface area contributed by atoms with Crippen LogP contribution in [0.4, 0.5) is 68.5 Å². The van der Waals surface area contributed by atoms with E-state index in [1.54, 1.807) is 5.12 Å². The van der Waals surface area contributed by atoms with Crippen LogP contribution in [0.25, 0.3) is 11.4 Å². The molecule has 0 saturated heterocycles. The number of aliphatic imine (C=N–C) groups is 1. The molecule has 0 aliphatic carbocycles. The van der Waals surface area contributed by atoms with E-state index in [0.29, 0.717) is 34.8 Å². The fourth-order valence-corrected chi connectivity index (χ4v) is 12.1. The maximum atomic E-state index is 5.32. The highest BCUT2D eigenvalue weighted by atomic mass is 15.7. The van der Waals surface area contributed by atoms with Gasteiger partial charge in [0.1, 0.15) is 0 Å². The van der Waals surface area contributed by atoms with Crippen LogP contribution < -0.4 is 30.6 Å². The Labute approximate surface area is 559 Å². The summed E-state index contributed by atoms with van der Waals surface area (Å²) in [7, 11) is 0. The summed E-state index contributed by atoms with van der Waals surface area (Å²) in [5, 5.41) is 10.7. The van der Waals surface area contributed by atoms with Crippen molar-refractivity contribution in [3.8, 4) is 11.4 Å². The molecule has 0 amide bonds. The summed E-state index contributed by atoms with van der Waals surface area (Å²) in [4.78, 5) is 22.9. The van der Waals surface area contributed by atoms with Gasteiger partial charge in [0.15, 0.2) is 34.8 Å². The molecule has 0 radical (unpaired) electrons. The lowest BCUT2D eigenvalue weighted by Crippen LogP contribution is -2.45. The molecule has 1 aromatic heterocycles. The molecule has 10 aromatic rings. The van der Waals surface area contributed by atoms with Gasteiger partial charge in [-0.05, 0) is 211 Å². The molecule has 0 spiro atoms. The topological polar surface area (TPSA) is 87.5 Å². The Balaban J connectivity index is 0.936. The van der Waals surface area contributed by atoms with Crippen molar-refractivity contribution in [1.82, 2.24) is 15.4 Å². The fraction of sp³-hybridized carbons (Fsp3) is 0.286. The van der Waals surface area contributed by atoms with E-state index in [9.17, 15) is 0 Å². The van der Waals surface area contributed by atoms with Crippen molar-refractivity contribution in [2.45, 2.75) is 157 Å². The number of benzene rings is 9. The molecule has 2 aliphatic rings. The molecule has 0 bridgehead atoms. The van der Waals surface area contributed by atoms with Gasteiger partial charge in [-0.3, -0.25) is 5.43 Å². The van der Waals surface area contributed by atoms with Gasteiger partial charge in [0, 0.05) is 67.9 Å². The van der Waals surface area contributed by atoms with Gasteiger partial charge in [-0.15, -0.1) is 5.10 Å². The standard InChI is InChI=1S/C84H92N10/c1-79(2,3)58-25-43-67(44-26-58)91(68-45-27-59(28-46-68)80(4,5)6)64-37-19-55(20-38-64)74-85-77-73-78(86-74)88-76(57-23-41-66(42-24-57)93(71-51-33-62(34-52-71)83(13,14)15)72-53-35-63(36-54-72)84(16,17)18)90-94(73)89-75(87-77)56-21-39-65(40-22-56)92(69-47-29-60(30-48-69)81(7,8)9)70-49-31-61(32-50-70)82(10,11)12/h19-54H,1-18H3,(H2,85,86,87,88,89,90). The molecule has 0 fully saturated rings. The Kier molecular flexibility index (Phi) is 16.6. The SMILES string of the molecule is CC(C)(C)c1ccc(N(c2ccc(C3=NN4NC(c5ccc(N(c6ccc(C(C)(C)C)cc6)c6ccc(C(C)(C)C)cc6)cc5)=Nc5nc(-c6ccc(N(c7ccc(C(C)(C)C)cc7)c7ccc(C(C)(C)C)cc7)cc6)nc(c54)N3)cc2)c2ccc(C(C)(C)C)cc2)cc1. The van der Waals surface area contributed by atoms with Gasteiger partial charge in [0.2, 0.25) is 0 Å². The minimum Gasteiger partial charge on any atom is -0.321 e. The molecule has 0 unspecified atom stereocenters. The summed E-state index contributed by atoms with van der Waals surface area (Å²) in [5.41, 5.74) is 24.1. The predicted octanol–water partition coefficient (Wildman–Crippen LogP) is 22.5. The maximum absolute atomic E-state index is 5.32. The van der Waals surface area contributed by atoms with Crippen molar-refractivity contribution in [1.29, 1.82) is 0 Å². The number of rotatable bonds is 12. The molecule has 0 saturated carbocycles. The first-order chi connectivity index (χ1) is 44.3. The maximum Gasteiger partial charge on any atom is 0.188 e. The van der Waals surface area contributed by atoms with Crippen molar-refractivity contribution in [2.75, 3.05) is 25.1 Å². The number of amidine groups is 2. The van der Waals surface area contributed by atoms with E-state index in [0.717, 1.165) is 67.9 Å². The zero-order valence-corrected chi connectivity index (χ0v) is 58.4. The zero-order chi connectivity index (χ0) is 66.9. The monoisotopic (exact) mass is 1240 g/mol. The van der Waals surface area contributed by atoms with Gasteiger partial charge in [0.05, 0.1) is 0 Å². The second-order valence-corrected chi connectivity index (χ2v) is 31.5. The third-order valence-electron chi connectivity index (χ3n) is 18.1. The Morgan fingerprint density at radius 2 is 0.511 bits per heavy atom. The van der Waals surface area contributed by atoms with Crippen LogP contribution in [-0.4, -0.2) is 21.6 Å². The average Bonchev–Trinajstić information content (AvgIpc) is 0.754. The summed E-state index contributed by atoms with van der Waals surface area (Å²) < 4.78 is 0. The first-order valence-corrected chi connectivity index (χ1v) is 33.1. The molecule has 9 aromatic carbocycles. The van der Waals surface area contributed by atoms with Crippen LogP contribution in [-0.2, 0) is 32.5 Å². The smallest absolute Gasteiger partial charge is 0.188 e. The number of anilines is 11. The molecular formula is C84H92N10. The van der Waals surface area contributed by atoms with Crippen LogP contribution in [0.15, 0.2) is 228 Å². The first-order valence-electron chi connectivity index (χ1n) is 33.1. The molecule has 2 aliphatic heterocycles. The van der Waals surface area contributed by atoms with Gasteiger partial charge < -0.3 is 20.0 Å². The third-order valence-corrected chi connectivity index (χ3v) is 18.1. The fourth-order valence-electron chi connectivity index (χ4n) is 12.1. The molecule has 3 heterocycles. The zero-order valence-electron chi connectivity index (χ0n) is 58.4. The van der Waals surface area contributed by atoms with E-state index >= 15 is 0 Å². The summed E-state index contributed by atoms with van der Waals surface area (Å²) in [6, 6.07) is 79.4. The number of hydrazone groups is 1.